The summed E-state index contributed by atoms with van der Waals surface area (Å²) in [6.45, 7) is 4.32. The van der Waals surface area contributed by atoms with Crippen LogP contribution in [0.2, 0.25) is 0 Å². The molecular formula is C48H70N12O10. The number of unbranched alkanes of at least 4 members (excludes halogenated alkanes) is 1. The van der Waals surface area contributed by atoms with Gasteiger partial charge in [-0.1, -0.05) is 80.4 Å². The maximum atomic E-state index is 14.4. The van der Waals surface area contributed by atoms with E-state index in [9.17, 15) is 48.3 Å². The summed E-state index contributed by atoms with van der Waals surface area (Å²) < 4.78 is 0. The SMILES string of the molecule is CCCC[C@H](NC(=O)[C@H](C)NC(=O)[C@H](CC(N)=O)NC(=O)[C@H](CCc1ccccc1)NC(=O)[C@H](Cc1ccccc1)NC(=O)[C@H](CCCNC(=N)N)NC(=O)[C@@H]1CCCN1)C(=O)N1CCC[C@@H]1C(=O)O. The van der Waals surface area contributed by atoms with Crippen LogP contribution in [0.15, 0.2) is 60.7 Å². The monoisotopic (exact) mass is 975 g/mol. The number of aliphatic carboxylic acids is 1. The van der Waals surface area contributed by atoms with Crippen LogP contribution in [0.25, 0.3) is 0 Å². The number of nitrogens with zero attached hydrogens (tertiary/aromatic N) is 1. The quantitative estimate of drug-likeness (QED) is 0.0276. The van der Waals surface area contributed by atoms with Crippen molar-refractivity contribution in [3.05, 3.63) is 71.8 Å². The van der Waals surface area contributed by atoms with E-state index in [1.54, 1.807) is 42.5 Å². The predicted molar refractivity (Wildman–Crippen MR) is 258 cm³/mol. The normalized spacial score (nSPS) is 17.8. The zero-order chi connectivity index (χ0) is 51.2. The van der Waals surface area contributed by atoms with Crippen molar-refractivity contribution in [2.75, 3.05) is 19.6 Å². The molecule has 8 atom stereocenters. The van der Waals surface area contributed by atoms with E-state index in [-0.39, 0.29) is 63.5 Å². The van der Waals surface area contributed by atoms with Crippen molar-refractivity contribution in [1.29, 1.82) is 5.41 Å². The van der Waals surface area contributed by atoms with Crippen LogP contribution < -0.4 is 54.0 Å². The van der Waals surface area contributed by atoms with Gasteiger partial charge in [0.1, 0.15) is 42.3 Å². The molecule has 2 aliphatic heterocycles. The van der Waals surface area contributed by atoms with Crippen molar-refractivity contribution in [2.24, 2.45) is 11.5 Å². The lowest BCUT2D eigenvalue weighted by Gasteiger charge is -2.29. The van der Waals surface area contributed by atoms with Gasteiger partial charge in [-0.2, -0.15) is 0 Å². The van der Waals surface area contributed by atoms with Crippen LogP contribution in [0.4, 0.5) is 0 Å². The number of amides is 8. The highest BCUT2D eigenvalue weighted by Gasteiger charge is 2.39. The maximum absolute atomic E-state index is 14.4. The highest BCUT2D eigenvalue weighted by atomic mass is 16.4. The van der Waals surface area contributed by atoms with E-state index in [4.69, 9.17) is 16.9 Å². The Hall–Kier alpha value is -7.10. The van der Waals surface area contributed by atoms with Crippen LogP contribution in [0.3, 0.4) is 0 Å². The van der Waals surface area contributed by atoms with Crippen molar-refractivity contribution in [3.8, 4) is 0 Å². The second-order valence-electron chi connectivity index (χ2n) is 17.7. The average Bonchev–Trinajstić information content (AvgIpc) is 4.07. The van der Waals surface area contributed by atoms with Crippen LogP contribution in [0.1, 0.15) is 95.6 Å². The molecule has 0 aromatic heterocycles. The number of hydrogen-bond acceptors (Lipinski definition) is 11. The van der Waals surface area contributed by atoms with Gasteiger partial charge in [-0.25, -0.2) is 4.79 Å². The molecule has 2 saturated heterocycles. The van der Waals surface area contributed by atoms with Crippen molar-refractivity contribution >= 4 is 59.2 Å². The molecule has 0 aliphatic carbocycles. The highest BCUT2D eigenvalue weighted by molar-refractivity contribution is 5.98. The van der Waals surface area contributed by atoms with Crippen LogP contribution >= 0.6 is 0 Å². The van der Waals surface area contributed by atoms with Gasteiger partial charge in [0.25, 0.3) is 0 Å². The highest BCUT2D eigenvalue weighted by Crippen LogP contribution is 2.20. The predicted octanol–water partition coefficient (Wildman–Crippen LogP) is -1.05. The molecule has 2 aromatic carbocycles. The molecule has 22 heteroatoms. The standard InChI is InChI=1S/C48H70N12O10/c1-3-4-18-35(46(68)60-26-13-21-38(60)47(69)70)57-40(62)29(2)54-44(66)37(28-39(49)61)59-43(65)34(23-22-30-14-7-5-8-15-30)56-45(67)36(27-31-16-9-6-10-17-31)58-42(64)33(20-12-25-53-48(50)51)55-41(63)32-19-11-24-52-32/h5-10,14-17,29,32-38,52H,3-4,11-13,18-28H2,1-2H3,(H2,49,61)(H,54,66)(H,55,63)(H,56,67)(H,57,62)(H,58,64)(H,59,65)(H,69,70)(H4,50,51,53)/t29-,32-,33-,34-,35-,36-,37-,38+/m0/s1. The van der Waals surface area contributed by atoms with Gasteiger partial charge < -0.3 is 64.0 Å². The Kier molecular flexibility index (Phi) is 22.5. The molecule has 70 heavy (non-hydrogen) atoms. The third-order valence-corrected chi connectivity index (χ3v) is 12.2. The number of nitrogens with two attached hydrogens (primary N) is 2. The molecule has 382 valence electrons. The van der Waals surface area contributed by atoms with Gasteiger partial charge in [0.15, 0.2) is 5.96 Å². The summed E-state index contributed by atoms with van der Waals surface area (Å²) in [5.41, 5.74) is 12.4. The molecule has 2 aromatic rings. The van der Waals surface area contributed by atoms with Crippen molar-refractivity contribution in [1.82, 2.24) is 47.4 Å². The summed E-state index contributed by atoms with van der Waals surface area (Å²) in [6.07, 6.45) is 3.51. The lowest BCUT2D eigenvalue weighted by Crippen LogP contribution is -2.60. The number of primary amides is 1. The second kappa shape index (κ2) is 28.4. The Bertz CT molecular complexity index is 2120. The number of rotatable bonds is 28. The summed E-state index contributed by atoms with van der Waals surface area (Å²) in [5, 5.41) is 38.9. The fourth-order valence-electron chi connectivity index (χ4n) is 8.32. The van der Waals surface area contributed by atoms with E-state index in [1.165, 1.54) is 11.8 Å². The van der Waals surface area contributed by atoms with Crippen LogP contribution in [-0.2, 0) is 56.0 Å². The van der Waals surface area contributed by atoms with Crippen LogP contribution in [0.5, 0.6) is 0 Å². The minimum absolute atomic E-state index is 0.0134. The number of nitrogens with one attached hydrogen (secondary N) is 9. The first-order valence-corrected chi connectivity index (χ1v) is 24.0. The van der Waals surface area contributed by atoms with E-state index < -0.39 is 102 Å². The first kappa shape index (κ1) is 55.5. The third-order valence-electron chi connectivity index (χ3n) is 12.2. The minimum atomic E-state index is -1.63. The van der Waals surface area contributed by atoms with Gasteiger partial charge in [0.05, 0.1) is 12.5 Å². The van der Waals surface area contributed by atoms with Gasteiger partial charge in [-0.3, -0.25) is 43.8 Å². The molecule has 4 rings (SSSR count). The number of carboxylic acid groups (broad SMARTS) is 1. The van der Waals surface area contributed by atoms with Gasteiger partial charge in [0, 0.05) is 19.5 Å². The Labute approximate surface area is 407 Å². The largest absolute Gasteiger partial charge is 0.480 e. The van der Waals surface area contributed by atoms with Crippen LogP contribution in [0, 0.1) is 5.41 Å². The summed E-state index contributed by atoms with van der Waals surface area (Å²) in [5.74, 6) is -7.41. The molecule has 2 aliphatic rings. The fraction of sp³-hybridized carbons (Fsp3) is 0.542. The zero-order valence-corrected chi connectivity index (χ0v) is 39.9. The minimum Gasteiger partial charge on any atom is -0.480 e. The Morgan fingerprint density at radius 3 is 1.87 bits per heavy atom. The molecule has 22 nitrogen and oxygen atoms in total. The molecule has 0 bridgehead atoms. The molecule has 0 saturated carbocycles. The average molecular weight is 975 g/mol. The molecule has 0 radical (unpaired) electrons. The van der Waals surface area contributed by atoms with Crippen molar-refractivity contribution in [2.45, 2.75) is 146 Å². The van der Waals surface area contributed by atoms with Gasteiger partial charge >= 0.3 is 5.97 Å². The summed E-state index contributed by atoms with van der Waals surface area (Å²) in [7, 11) is 0. The van der Waals surface area contributed by atoms with Gasteiger partial charge in [0.2, 0.25) is 47.3 Å². The smallest absolute Gasteiger partial charge is 0.326 e. The van der Waals surface area contributed by atoms with E-state index in [0.717, 1.165) is 12.0 Å². The first-order valence-electron chi connectivity index (χ1n) is 24.0. The summed E-state index contributed by atoms with van der Waals surface area (Å²) >= 11 is 0. The third kappa shape index (κ3) is 18.1. The number of guanidine groups is 1. The van der Waals surface area contributed by atoms with Crippen LogP contribution in [-0.4, -0.2) is 137 Å². The van der Waals surface area contributed by atoms with Gasteiger partial charge in [-0.15, -0.1) is 0 Å². The Morgan fingerprint density at radius 2 is 1.27 bits per heavy atom. The molecule has 0 unspecified atom stereocenters. The van der Waals surface area contributed by atoms with Gasteiger partial charge in [-0.05, 0) is 82.4 Å². The number of hydrogen-bond donors (Lipinski definition) is 12. The Morgan fingerprint density at radius 1 is 0.700 bits per heavy atom. The molecule has 8 amide bonds. The maximum Gasteiger partial charge on any atom is 0.326 e. The summed E-state index contributed by atoms with van der Waals surface area (Å²) in [6, 6.07) is 8.55. The molecule has 0 spiro atoms. The summed E-state index contributed by atoms with van der Waals surface area (Å²) in [4.78, 5) is 122. The van der Waals surface area contributed by atoms with E-state index >= 15 is 0 Å². The number of carbonyl (C=O) groups is 9. The molecule has 2 heterocycles. The number of benzene rings is 2. The number of carboxylic acids is 1. The molecular weight excluding hydrogens is 905 g/mol. The van der Waals surface area contributed by atoms with Crippen molar-refractivity contribution in [3.63, 3.8) is 0 Å². The topological polar surface area (TPSA) is 349 Å². The molecule has 14 N–H and O–H groups in total. The number of carbonyl (C=O) groups excluding carboxylic acids is 8. The second-order valence-corrected chi connectivity index (χ2v) is 17.7. The number of likely N-dealkylation sites (tertiary alicyclic amines) is 1. The Balaban J connectivity index is 1.55. The lowest BCUT2D eigenvalue weighted by atomic mass is 10.0. The van der Waals surface area contributed by atoms with Crippen molar-refractivity contribution < 1.29 is 48.3 Å². The number of aryl methyl sites for hydroxylation is 1. The van der Waals surface area contributed by atoms with E-state index in [0.29, 0.717) is 44.2 Å². The zero-order valence-electron chi connectivity index (χ0n) is 39.9. The lowest BCUT2D eigenvalue weighted by molar-refractivity contribution is -0.149. The van der Waals surface area contributed by atoms with E-state index in [2.05, 4.69) is 42.5 Å². The molecule has 2 fully saturated rings. The fourth-order valence-corrected chi connectivity index (χ4v) is 8.32. The van der Waals surface area contributed by atoms with E-state index in [1.807, 2.05) is 25.1 Å². The first-order chi connectivity index (χ1) is 33.5.